The van der Waals surface area contributed by atoms with Crippen molar-refractivity contribution in [1.29, 1.82) is 0 Å². The van der Waals surface area contributed by atoms with Gasteiger partial charge in [-0.1, -0.05) is 30.3 Å². The molecular formula is C27H23FINO3. The molecule has 0 saturated heterocycles. The van der Waals surface area contributed by atoms with Gasteiger partial charge in [0.15, 0.2) is 11.5 Å². The first kappa shape index (κ1) is 22.9. The molecule has 0 saturated carbocycles. The Morgan fingerprint density at radius 1 is 0.818 bits per heavy atom. The van der Waals surface area contributed by atoms with Crippen LogP contribution in [0.25, 0.3) is 0 Å². The third-order valence-electron chi connectivity index (χ3n) is 4.92. The van der Waals surface area contributed by atoms with Crippen molar-refractivity contribution in [2.45, 2.75) is 13.2 Å². The van der Waals surface area contributed by atoms with Crippen LogP contribution in [-0.2, 0) is 13.2 Å². The first-order valence-corrected chi connectivity index (χ1v) is 11.5. The maximum atomic E-state index is 13.1. The lowest BCUT2D eigenvalue weighted by atomic mass is 10.2. The topological polar surface area (TPSA) is 39.7 Å². The zero-order chi connectivity index (χ0) is 23.0. The lowest BCUT2D eigenvalue weighted by Gasteiger charge is -2.15. The van der Waals surface area contributed by atoms with Crippen LogP contribution in [0.3, 0.4) is 0 Å². The first-order chi connectivity index (χ1) is 16.1. The molecule has 4 aromatic rings. The van der Waals surface area contributed by atoms with Crippen LogP contribution in [-0.4, -0.2) is 7.11 Å². The van der Waals surface area contributed by atoms with Gasteiger partial charge in [-0.2, -0.15) is 0 Å². The van der Waals surface area contributed by atoms with Gasteiger partial charge in [-0.05, 0) is 94.4 Å². The van der Waals surface area contributed by atoms with Crippen molar-refractivity contribution in [2.75, 3.05) is 12.4 Å². The van der Waals surface area contributed by atoms with E-state index in [0.717, 1.165) is 31.9 Å². The second-order valence-corrected chi connectivity index (χ2v) is 8.48. The van der Waals surface area contributed by atoms with E-state index >= 15 is 0 Å². The van der Waals surface area contributed by atoms with Gasteiger partial charge in [0, 0.05) is 12.2 Å². The maximum absolute atomic E-state index is 13.1. The molecule has 0 radical (unpaired) electrons. The first-order valence-electron chi connectivity index (χ1n) is 10.4. The molecule has 0 unspecified atom stereocenters. The normalized spacial score (nSPS) is 10.5. The van der Waals surface area contributed by atoms with E-state index in [4.69, 9.17) is 14.2 Å². The number of hydrogen-bond donors (Lipinski definition) is 1. The molecule has 168 valence electrons. The molecule has 0 heterocycles. The average Bonchev–Trinajstić information content (AvgIpc) is 2.84. The third-order valence-corrected chi connectivity index (χ3v) is 5.72. The minimum Gasteiger partial charge on any atom is -0.493 e. The monoisotopic (exact) mass is 555 g/mol. The summed E-state index contributed by atoms with van der Waals surface area (Å²) < 4.78 is 31.4. The molecule has 0 aliphatic heterocycles. The highest BCUT2D eigenvalue weighted by atomic mass is 127. The second kappa shape index (κ2) is 11.0. The minimum absolute atomic E-state index is 0.263. The predicted octanol–water partition coefficient (Wildman–Crippen LogP) is 7.42. The Morgan fingerprint density at radius 2 is 1.52 bits per heavy atom. The number of benzene rings is 4. The van der Waals surface area contributed by atoms with E-state index in [1.54, 1.807) is 19.2 Å². The van der Waals surface area contributed by atoms with Crippen LogP contribution in [0.5, 0.6) is 23.0 Å². The number of anilines is 1. The van der Waals surface area contributed by atoms with E-state index in [2.05, 4.69) is 34.0 Å². The van der Waals surface area contributed by atoms with Crippen LogP contribution in [0.2, 0.25) is 0 Å². The van der Waals surface area contributed by atoms with Gasteiger partial charge in [0.25, 0.3) is 0 Å². The van der Waals surface area contributed by atoms with Crippen LogP contribution in [0.15, 0.2) is 91.0 Å². The van der Waals surface area contributed by atoms with Crippen molar-refractivity contribution in [3.8, 4) is 23.0 Å². The standard InChI is InChI=1S/C27H23FINO3/c1-31-26-16-20(15-25(29)27(26)32-18-19-7-9-21(28)10-8-19)17-30-22-11-13-24(14-12-22)33-23-5-3-2-4-6-23/h2-16,30H,17-18H2,1H3. The number of rotatable bonds is 9. The third kappa shape index (κ3) is 6.38. The van der Waals surface area contributed by atoms with Gasteiger partial charge in [0.2, 0.25) is 0 Å². The molecule has 4 aromatic carbocycles. The molecule has 0 atom stereocenters. The summed E-state index contributed by atoms with van der Waals surface area (Å²) in [7, 11) is 1.62. The average molecular weight is 555 g/mol. The number of ether oxygens (including phenoxy) is 3. The number of methoxy groups -OCH3 is 1. The van der Waals surface area contributed by atoms with Crippen LogP contribution < -0.4 is 19.5 Å². The van der Waals surface area contributed by atoms with Crippen molar-refractivity contribution in [3.63, 3.8) is 0 Å². The van der Waals surface area contributed by atoms with Gasteiger partial charge in [0.05, 0.1) is 10.7 Å². The molecule has 6 heteroatoms. The van der Waals surface area contributed by atoms with Gasteiger partial charge in [-0.3, -0.25) is 0 Å². The van der Waals surface area contributed by atoms with Crippen molar-refractivity contribution < 1.29 is 18.6 Å². The summed E-state index contributed by atoms with van der Waals surface area (Å²) >= 11 is 2.24. The van der Waals surface area contributed by atoms with Crippen LogP contribution in [0.4, 0.5) is 10.1 Å². The number of nitrogens with one attached hydrogen (secondary N) is 1. The smallest absolute Gasteiger partial charge is 0.174 e. The van der Waals surface area contributed by atoms with Gasteiger partial charge in [-0.15, -0.1) is 0 Å². The van der Waals surface area contributed by atoms with Crippen LogP contribution >= 0.6 is 22.6 Å². The fraction of sp³-hybridized carbons (Fsp3) is 0.111. The summed E-state index contributed by atoms with van der Waals surface area (Å²) in [6.45, 7) is 0.963. The molecule has 4 rings (SSSR count). The molecule has 1 N–H and O–H groups in total. The van der Waals surface area contributed by atoms with E-state index in [1.165, 1.54) is 12.1 Å². The quantitative estimate of drug-likeness (QED) is 0.218. The molecule has 0 spiro atoms. The summed E-state index contributed by atoms with van der Waals surface area (Å²) in [5, 5.41) is 3.42. The van der Waals surface area contributed by atoms with E-state index in [9.17, 15) is 4.39 Å². The summed E-state index contributed by atoms with van der Waals surface area (Å²) in [5.41, 5.74) is 2.94. The largest absolute Gasteiger partial charge is 0.493 e. The summed E-state index contributed by atoms with van der Waals surface area (Å²) in [6.07, 6.45) is 0. The fourth-order valence-corrected chi connectivity index (χ4v) is 4.04. The zero-order valence-corrected chi connectivity index (χ0v) is 20.2. The number of para-hydroxylation sites is 1. The Hall–Kier alpha value is -3.26. The highest BCUT2D eigenvalue weighted by Crippen LogP contribution is 2.35. The Balaban J connectivity index is 1.38. The molecule has 0 bridgehead atoms. The summed E-state index contributed by atoms with van der Waals surface area (Å²) in [4.78, 5) is 0. The predicted molar refractivity (Wildman–Crippen MR) is 137 cm³/mol. The molecule has 0 aromatic heterocycles. The Labute approximate surface area is 206 Å². The van der Waals surface area contributed by atoms with Crippen molar-refractivity contribution in [2.24, 2.45) is 0 Å². The van der Waals surface area contributed by atoms with E-state index in [0.29, 0.717) is 24.7 Å². The lowest BCUT2D eigenvalue weighted by molar-refractivity contribution is 0.282. The van der Waals surface area contributed by atoms with Crippen LogP contribution in [0, 0.1) is 9.39 Å². The van der Waals surface area contributed by atoms with E-state index < -0.39 is 0 Å². The Kier molecular flexibility index (Phi) is 7.67. The highest BCUT2D eigenvalue weighted by Gasteiger charge is 2.12. The molecule has 0 aliphatic carbocycles. The van der Waals surface area contributed by atoms with Gasteiger partial charge in [0.1, 0.15) is 23.9 Å². The van der Waals surface area contributed by atoms with Gasteiger partial charge in [-0.25, -0.2) is 4.39 Å². The Morgan fingerprint density at radius 3 is 2.21 bits per heavy atom. The van der Waals surface area contributed by atoms with Crippen molar-refractivity contribution in [1.82, 2.24) is 0 Å². The second-order valence-electron chi connectivity index (χ2n) is 7.32. The summed E-state index contributed by atoms with van der Waals surface area (Å²) in [5.74, 6) is 2.66. The molecule has 0 amide bonds. The lowest BCUT2D eigenvalue weighted by Crippen LogP contribution is -2.03. The van der Waals surface area contributed by atoms with Crippen molar-refractivity contribution in [3.05, 3.63) is 112 Å². The van der Waals surface area contributed by atoms with Gasteiger partial charge < -0.3 is 19.5 Å². The number of halogens is 2. The molecule has 33 heavy (non-hydrogen) atoms. The molecular weight excluding hydrogens is 532 g/mol. The maximum Gasteiger partial charge on any atom is 0.174 e. The van der Waals surface area contributed by atoms with Crippen LogP contribution in [0.1, 0.15) is 11.1 Å². The highest BCUT2D eigenvalue weighted by molar-refractivity contribution is 14.1. The fourth-order valence-electron chi connectivity index (χ4n) is 3.22. The molecule has 0 aliphatic rings. The minimum atomic E-state index is -0.263. The number of hydrogen-bond acceptors (Lipinski definition) is 4. The zero-order valence-electron chi connectivity index (χ0n) is 18.1. The van der Waals surface area contributed by atoms with E-state index in [1.807, 2.05) is 60.7 Å². The van der Waals surface area contributed by atoms with Crippen molar-refractivity contribution >= 4 is 28.3 Å². The molecule has 0 fully saturated rings. The molecule has 4 nitrogen and oxygen atoms in total. The Bertz CT molecular complexity index is 1180. The van der Waals surface area contributed by atoms with Gasteiger partial charge >= 0.3 is 0 Å². The van der Waals surface area contributed by atoms with E-state index in [-0.39, 0.29) is 5.82 Å². The SMILES string of the molecule is COc1cc(CNc2ccc(Oc3ccccc3)cc2)cc(I)c1OCc1ccc(F)cc1. The summed E-state index contributed by atoms with van der Waals surface area (Å²) in [6, 6.07) is 27.8.